The van der Waals surface area contributed by atoms with E-state index in [-0.39, 0.29) is 42.1 Å². The third-order valence-electron chi connectivity index (χ3n) is 13.1. The van der Waals surface area contributed by atoms with E-state index in [2.05, 4.69) is 13.8 Å². The molecule has 45 heavy (non-hydrogen) atoms. The SMILES string of the molecule is CC(C)[C@H](CC[C@@H](C)[C@H]1C[C@H](O)C2[C@]3(O)C[C@H](OS(=O)(=O)O)C4C[C@@H](O)CC[C@]4(C)C3CC[C@@]21C)O[C@@H]1O[C@@H](CO)[C@H](O)[C@H]1O. The normalized spacial score (nSPS) is 49.8. The number of fused-ring (bicyclic) bond motifs is 5. The van der Waals surface area contributed by atoms with Crippen molar-refractivity contribution in [1.82, 2.24) is 0 Å². The molecule has 4 aliphatic carbocycles. The van der Waals surface area contributed by atoms with Crippen molar-refractivity contribution >= 4 is 10.4 Å². The molecular weight excluding hydrogens is 608 g/mol. The molecule has 3 unspecified atom stereocenters. The highest BCUT2D eigenvalue weighted by Crippen LogP contribution is 2.70. The third kappa shape index (κ3) is 6.38. The van der Waals surface area contributed by atoms with Crippen LogP contribution in [0.15, 0.2) is 0 Å². The summed E-state index contributed by atoms with van der Waals surface area (Å²) < 4.78 is 50.5. The molecule has 0 bridgehead atoms. The van der Waals surface area contributed by atoms with Crippen LogP contribution < -0.4 is 0 Å². The molecule has 1 heterocycles. The minimum atomic E-state index is -4.82. The first kappa shape index (κ1) is 35.8. The van der Waals surface area contributed by atoms with E-state index in [1.807, 2.05) is 20.8 Å². The Morgan fingerprint density at radius 2 is 1.62 bits per heavy atom. The van der Waals surface area contributed by atoms with Crippen LogP contribution in [0.2, 0.25) is 0 Å². The van der Waals surface area contributed by atoms with Gasteiger partial charge in [0, 0.05) is 12.3 Å². The number of hydrogen-bond donors (Lipinski definition) is 7. The summed E-state index contributed by atoms with van der Waals surface area (Å²) in [6.07, 6.45) is -2.43. The molecule has 0 radical (unpaired) electrons. The van der Waals surface area contributed by atoms with Gasteiger partial charge in [-0.2, -0.15) is 8.42 Å². The van der Waals surface area contributed by atoms with Gasteiger partial charge in [0.15, 0.2) is 6.29 Å². The molecule has 1 aliphatic heterocycles. The summed E-state index contributed by atoms with van der Waals surface area (Å²) in [5.41, 5.74) is -2.40. The van der Waals surface area contributed by atoms with Gasteiger partial charge in [0.25, 0.3) is 0 Å². The highest BCUT2D eigenvalue weighted by atomic mass is 32.3. The van der Waals surface area contributed by atoms with Gasteiger partial charge in [-0.3, -0.25) is 4.55 Å². The van der Waals surface area contributed by atoms with Gasteiger partial charge in [0.1, 0.15) is 18.3 Å². The second kappa shape index (κ2) is 12.8. The van der Waals surface area contributed by atoms with Crippen molar-refractivity contribution in [3.63, 3.8) is 0 Å². The van der Waals surface area contributed by atoms with Gasteiger partial charge < -0.3 is 40.1 Å². The standard InChI is InChI=1S/C32H56O12S/c1-16(2)22(42-29-27(37)26(36)24(15-33)43-29)7-6-17(3)19-13-21(35)28-31(19,5)11-9-25-30(4)10-8-18(34)12-20(30)23(14-32(25,28)38)44-45(39,40)41/h16-29,33-38H,6-15H2,1-5H3,(H,39,40,41)/t17-,18+,19-,20?,21+,22+,23+,24+,25?,26+,27-,28?,29-,30+,31-,32+/m1/s1. The van der Waals surface area contributed by atoms with Crippen LogP contribution >= 0.6 is 0 Å². The number of ether oxygens (including phenoxy) is 2. The van der Waals surface area contributed by atoms with E-state index in [1.165, 1.54) is 0 Å². The zero-order valence-electron chi connectivity index (χ0n) is 27.2. The van der Waals surface area contributed by atoms with Gasteiger partial charge in [-0.05, 0) is 91.8 Å². The van der Waals surface area contributed by atoms with Crippen LogP contribution in [0.25, 0.3) is 0 Å². The van der Waals surface area contributed by atoms with Gasteiger partial charge in [-0.25, -0.2) is 4.18 Å². The quantitative estimate of drug-likeness (QED) is 0.167. The fourth-order valence-electron chi connectivity index (χ4n) is 11.0. The molecule has 1 saturated heterocycles. The lowest BCUT2D eigenvalue weighted by molar-refractivity contribution is -0.260. The molecule has 4 saturated carbocycles. The molecule has 13 heteroatoms. The highest BCUT2D eigenvalue weighted by molar-refractivity contribution is 7.80. The Balaban J connectivity index is 1.34. The van der Waals surface area contributed by atoms with Crippen molar-refractivity contribution in [2.75, 3.05) is 6.61 Å². The average Bonchev–Trinajstić information content (AvgIpc) is 3.37. The van der Waals surface area contributed by atoms with E-state index in [0.717, 1.165) is 12.8 Å². The van der Waals surface area contributed by atoms with Crippen molar-refractivity contribution < 1.29 is 57.3 Å². The van der Waals surface area contributed by atoms with E-state index in [0.29, 0.717) is 38.5 Å². The lowest BCUT2D eigenvalue weighted by Crippen LogP contribution is -2.69. The molecule has 12 nitrogen and oxygen atoms in total. The van der Waals surface area contributed by atoms with Crippen LogP contribution in [-0.2, 0) is 24.1 Å². The maximum Gasteiger partial charge on any atom is 0.397 e. The first-order valence-corrected chi connectivity index (χ1v) is 18.2. The molecule has 0 spiro atoms. The van der Waals surface area contributed by atoms with E-state index in [9.17, 15) is 43.6 Å². The number of aliphatic hydroxyl groups excluding tert-OH is 5. The van der Waals surface area contributed by atoms with Gasteiger partial charge in [-0.15, -0.1) is 0 Å². The maximum absolute atomic E-state index is 12.7. The zero-order chi connectivity index (χ0) is 33.3. The van der Waals surface area contributed by atoms with Gasteiger partial charge in [0.2, 0.25) is 0 Å². The number of aliphatic hydroxyl groups is 6. The van der Waals surface area contributed by atoms with E-state index < -0.39 is 82.3 Å². The second-order valence-corrected chi connectivity index (χ2v) is 17.0. The van der Waals surface area contributed by atoms with Crippen LogP contribution in [0.3, 0.4) is 0 Å². The molecule has 0 aromatic carbocycles. The van der Waals surface area contributed by atoms with Crippen LogP contribution in [0.1, 0.15) is 92.4 Å². The van der Waals surface area contributed by atoms with E-state index in [4.69, 9.17) is 13.7 Å². The van der Waals surface area contributed by atoms with E-state index in [1.54, 1.807) is 0 Å². The fraction of sp³-hybridized carbons (Fsp3) is 1.00. The van der Waals surface area contributed by atoms with Crippen molar-refractivity contribution in [1.29, 1.82) is 0 Å². The topological polar surface area (TPSA) is 203 Å². The van der Waals surface area contributed by atoms with Crippen LogP contribution in [-0.4, -0.2) is 105 Å². The van der Waals surface area contributed by atoms with Gasteiger partial charge in [-0.1, -0.05) is 34.6 Å². The number of hydrogen-bond acceptors (Lipinski definition) is 11. The molecule has 5 fully saturated rings. The Morgan fingerprint density at radius 3 is 2.22 bits per heavy atom. The molecule has 0 amide bonds. The molecule has 0 aromatic rings. The summed E-state index contributed by atoms with van der Waals surface area (Å²) in [6, 6.07) is 0. The zero-order valence-corrected chi connectivity index (χ0v) is 28.1. The Labute approximate surface area is 267 Å². The first-order valence-electron chi connectivity index (χ1n) is 16.9. The Bertz CT molecular complexity index is 1150. The van der Waals surface area contributed by atoms with E-state index >= 15 is 0 Å². The second-order valence-electron chi connectivity index (χ2n) is 16.0. The summed E-state index contributed by atoms with van der Waals surface area (Å²) in [4.78, 5) is 0. The Morgan fingerprint density at radius 1 is 0.956 bits per heavy atom. The third-order valence-corrected chi connectivity index (χ3v) is 13.6. The largest absolute Gasteiger partial charge is 0.397 e. The summed E-state index contributed by atoms with van der Waals surface area (Å²) in [7, 11) is -4.82. The van der Waals surface area contributed by atoms with Gasteiger partial charge >= 0.3 is 10.4 Å². The summed E-state index contributed by atoms with van der Waals surface area (Å²) in [6.45, 7) is 9.92. The van der Waals surface area contributed by atoms with Crippen LogP contribution in [0, 0.1) is 46.3 Å². The maximum atomic E-state index is 12.7. The molecule has 0 aromatic heterocycles. The monoisotopic (exact) mass is 664 g/mol. The number of rotatable bonds is 10. The minimum Gasteiger partial charge on any atom is -0.394 e. The first-order chi connectivity index (χ1) is 20.9. The average molecular weight is 665 g/mol. The summed E-state index contributed by atoms with van der Waals surface area (Å²) >= 11 is 0. The lowest BCUT2D eigenvalue weighted by atomic mass is 9.42. The Kier molecular flexibility index (Phi) is 10.2. The highest BCUT2D eigenvalue weighted by Gasteiger charge is 2.71. The fourth-order valence-corrected chi connectivity index (χ4v) is 11.5. The predicted molar refractivity (Wildman–Crippen MR) is 162 cm³/mol. The molecule has 16 atom stereocenters. The smallest absolute Gasteiger partial charge is 0.394 e. The minimum absolute atomic E-state index is 0.0451. The van der Waals surface area contributed by atoms with Crippen molar-refractivity contribution in [3.05, 3.63) is 0 Å². The summed E-state index contributed by atoms with van der Waals surface area (Å²) in [5, 5.41) is 64.9. The van der Waals surface area contributed by atoms with Crippen LogP contribution in [0.4, 0.5) is 0 Å². The lowest BCUT2D eigenvalue weighted by Gasteiger charge is -2.66. The molecule has 5 aliphatic rings. The molecular formula is C32H56O12S. The molecule has 7 N–H and O–H groups in total. The van der Waals surface area contributed by atoms with Crippen LogP contribution in [0.5, 0.6) is 0 Å². The Hall–Kier alpha value is -0.450. The van der Waals surface area contributed by atoms with Crippen molar-refractivity contribution in [2.45, 2.75) is 147 Å². The molecule has 5 rings (SSSR count). The predicted octanol–water partition coefficient (Wildman–Crippen LogP) is 1.79. The van der Waals surface area contributed by atoms with Gasteiger partial charge in [0.05, 0.1) is 36.6 Å². The molecule has 262 valence electrons. The summed E-state index contributed by atoms with van der Waals surface area (Å²) in [5.74, 6) is -0.841. The van der Waals surface area contributed by atoms with Crippen molar-refractivity contribution in [3.8, 4) is 0 Å². The van der Waals surface area contributed by atoms with Crippen molar-refractivity contribution in [2.24, 2.45) is 46.3 Å².